The minimum absolute atomic E-state index is 0.262. The van der Waals surface area contributed by atoms with Crippen LogP contribution in [0.4, 0.5) is 14.7 Å². The number of halogens is 2. The van der Waals surface area contributed by atoms with Gasteiger partial charge in [-0.2, -0.15) is 0 Å². The number of benzene rings is 1. The monoisotopic (exact) mass is 209 g/mol. The van der Waals surface area contributed by atoms with Gasteiger partial charge < -0.3 is 5.32 Å². The van der Waals surface area contributed by atoms with E-state index >= 15 is 0 Å². The summed E-state index contributed by atoms with van der Waals surface area (Å²) in [6.45, 7) is 0. The maximum atomic E-state index is 13.4. The van der Waals surface area contributed by atoms with Crippen LogP contribution in [0.25, 0.3) is 5.69 Å². The first-order chi connectivity index (χ1) is 7.22. The molecule has 2 aromatic rings. The third kappa shape index (κ3) is 1.68. The Labute approximate surface area is 85.4 Å². The summed E-state index contributed by atoms with van der Waals surface area (Å²) in [6, 6.07) is 3.42. The lowest BCUT2D eigenvalue weighted by Gasteiger charge is -2.07. The van der Waals surface area contributed by atoms with Crippen molar-refractivity contribution >= 4 is 5.95 Å². The molecule has 0 aliphatic carbocycles. The first kappa shape index (κ1) is 9.64. The van der Waals surface area contributed by atoms with Crippen molar-refractivity contribution in [3.8, 4) is 5.69 Å². The number of aromatic nitrogens is 2. The molecule has 0 aliphatic heterocycles. The van der Waals surface area contributed by atoms with Gasteiger partial charge in [-0.1, -0.05) is 0 Å². The molecule has 0 amide bonds. The SMILES string of the molecule is CNc1nccn1-c1ccc(F)cc1F. The average Bonchev–Trinajstić information content (AvgIpc) is 2.65. The van der Waals surface area contributed by atoms with Crippen molar-refractivity contribution in [2.75, 3.05) is 12.4 Å². The molecule has 0 spiro atoms. The molecule has 0 saturated carbocycles. The predicted octanol–water partition coefficient (Wildman–Crippen LogP) is 2.19. The van der Waals surface area contributed by atoms with Crippen molar-refractivity contribution in [1.82, 2.24) is 9.55 Å². The highest BCUT2D eigenvalue weighted by Gasteiger charge is 2.08. The maximum absolute atomic E-state index is 13.4. The molecule has 0 aliphatic rings. The molecule has 1 N–H and O–H groups in total. The van der Waals surface area contributed by atoms with Crippen LogP contribution >= 0.6 is 0 Å². The Hall–Kier alpha value is -1.91. The van der Waals surface area contributed by atoms with E-state index in [1.165, 1.54) is 22.9 Å². The lowest BCUT2D eigenvalue weighted by molar-refractivity contribution is 0.578. The molecular formula is C10H9F2N3. The van der Waals surface area contributed by atoms with Gasteiger partial charge in [0.25, 0.3) is 0 Å². The summed E-state index contributed by atoms with van der Waals surface area (Å²) in [5.41, 5.74) is 0.262. The van der Waals surface area contributed by atoms with E-state index in [-0.39, 0.29) is 5.69 Å². The van der Waals surface area contributed by atoms with Crippen LogP contribution < -0.4 is 5.32 Å². The van der Waals surface area contributed by atoms with Crippen LogP contribution in [0.5, 0.6) is 0 Å². The van der Waals surface area contributed by atoms with Gasteiger partial charge in [-0.15, -0.1) is 0 Å². The van der Waals surface area contributed by atoms with Crippen LogP contribution in [0.15, 0.2) is 30.6 Å². The third-order valence-corrected chi connectivity index (χ3v) is 2.03. The zero-order valence-corrected chi connectivity index (χ0v) is 8.04. The quantitative estimate of drug-likeness (QED) is 0.821. The summed E-state index contributed by atoms with van der Waals surface area (Å²) in [5.74, 6) is -0.715. The number of nitrogens with zero attached hydrogens (tertiary/aromatic N) is 2. The minimum Gasteiger partial charge on any atom is -0.358 e. The van der Waals surface area contributed by atoms with Crippen molar-refractivity contribution in [2.24, 2.45) is 0 Å². The van der Waals surface area contributed by atoms with Crippen LogP contribution in [-0.4, -0.2) is 16.6 Å². The molecule has 2 rings (SSSR count). The normalized spacial score (nSPS) is 10.3. The van der Waals surface area contributed by atoms with Crippen LogP contribution in [0, 0.1) is 11.6 Å². The summed E-state index contributed by atoms with van der Waals surface area (Å²) in [6.07, 6.45) is 3.14. The van der Waals surface area contributed by atoms with E-state index in [2.05, 4.69) is 10.3 Å². The van der Waals surface area contributed by atoms with Gasteiger partial charge in [0.2, 0.25) is 5.95 Å². The number of rotatable bonds is 2. The summed E-state index contributed by atoms with van der Waals surface area (Å²) in [4.78, 5) is 3.97. The van der Waals surface area contributed by atoms with E-state index in [0.29, 0.717) is 5.95 Å². The average molecular weight is 209 g/mol. The standard InChI is InChI=1S/C10H9F2N3/c1-13-10-14-4-5-15(10)9-3-2-7(11)6-8(9)12/h2-6H,1H3,(H,13,14). The van der Waals surface area contributed by atoms with E-state index < -0.39 is 11.6 Å². The molecule has 0 radical (unpaired) electrons. The van der Waals surface area contributed by atoms with E-state index in [0.717, 1.165) is 6.07 Å². The Morgan fingerprint density at radius 1 is 1.33 bits per heavy atom. The predicted molar refractivity (Wildman–Crippen MR) is 53.0 cm³/mol. The second kappa shape index (κ2) is 3.68. The minimum atomic E-state index is -0.621. The van der Waals surface area contributed by atoms with Crippen LogP contribution in [0.2, 0.25) is 0 Å². The number of nitrogens with one attached hydrogen (secondary N) is 1. The molecule has 0 bridgehead atoms. The topological polar surface area (TPSA) is 29.9 Å². The lowest BCUT2D eigenvalue weighted by Crippen LogP contribution is -2.02. The van der Waals surface area contributed by atoms with Crippen molar-refractivity contribution in [3.05, 3.63) is 42.2 Å². The van der Waals surface area contributed by atoms with Gasteiger partial charge in [-0.25, -0.2) is 13.8 Å². The van der Waals surface area contributed by atoms with Crippen molar-refractivity contribution < 1.29 is 8.78 Å². The lowest BCUT2D eigenvalue weighted by atomic mass is 10.3. The molecule has 1 aromatic carbocycles. The number of imidazole rings is 1. The van der Waals surface area contributed by atoms with Gasteiger partial charge in [0, 0.05) is 25.5 Å². The van der Waals surface area contributed by atoms with Crippen LogP contribution in [0.1, 0.15) is 0 Å². The fourth-order valence-electron chi connectivity index (χ4n) is 1.36. The van der Waals surface area contributed by atoms with E-state index in [4.69, 9.17) is 0 Å². The summed E-state index contributed by atoms with van der Waals surface area (Å²) in [7, 11) is 1.68. The number of anilines is 1. The van der Waals surface area contributed by atoms with Crippen LogP contribution in [0.3, 0.4) is 0 Å². The molecule has 0 fully saturated rings. The molecule has 3 nitrogen and oxygen atoms in total. The zero-order valence-electron chi connectivity index (χ0n) is 8.04. The smallest absolute Gasteiger partial charge is 0.207 e. The summed E-state index contributed by atoms with van der Waals surface area (Å²) < 4.78 is 27.6. The van der Waals surface area contributed by atoms with Gasteiger partial charge >= 0.3 is 0 Å². The molecular weight excluding hydrogens is 200 g/mol. The first-order valence-corrected chi connectivity index (χ1v) is 4.39. The molecule has 0 saturated heterocycles. The molecule has 1 aromatic heterocycles. The fraction of sp³-hybridized carbons (Fsp3) is 0.100. The highest BCUT2D eigenvalue weighted by molar-refractivity contribution is 5.42. The first-order valence-electron chi connectivity index (χ1n) is 4.39. The zero-order chi connectivity index (χ0) is 10.8. The molecule has 0 unspecified atom stereocenters. The van der Waals surface area contributed by atoms with E-state index in [9.17, 15) is 8.78 Å². The Bertz CT molecular complexity index is 479. The second-order valence-corrected chi connectivity index (χ2v) is 2.97. The highest BCUT2D eigenvalue weighted by atomic mass is 19.1. The Morgan fingerprint density at radius 3 is 2.80 bits per heavy atom. The summed E-state index contributed by atoms with van der Waals surface area (Å²) in [5, 5.41) is 2.81. The van der Waals surface area contributed by atoms with Crippen molar-refractivity contribution in [3.63, 3.8) is 0 Å². The van der Waals surface area contributed by atoms with Gasteiger partial charge in [0.05, 0.1) is 5.69 Å². The Morgan fingerprint density at radius 2 is 2.13 bits per heavy atom. The van der Waals surface area contributed by atoms with Crippen LogP contribution in [-0.2, 0) is 0 Å². The Kier molecular flexibility index (Phi) is 2.37. The number of hydrogen-bond donors (Lipinski definition) is 1. The van der Waals surface area contributed by atoms with E-state index in [1.807, 2.05) is 0 Å². The molecule has 0 atom stereocenters. The third-order valence-electron chi connectivity index (χ3n) is 2.03. The van der Waals surface area contributed by atoms with Gasteiger partial charge in [-0.3, -0.25) is 4.57 Å². The van der Waals surface area contributed by atoms with Crippen molar-refractivity contribution in [2.45, 2.75) is 0 Å². The van der Waals surface area contributed by atoms with Gasteiger partial charge in [-0.05, 0) is 12.1 Å². The molecule has 78 valence electrons. The van der Waals surface area contributed by atoms with Gasteiger partial charge in [0.1, 0.15) is 11.6 Å². The second-order valence-electron chi connectivity index (χ2n) is 2.97. The molecule has 1 heterocycles. The largest absolute Gasteiger partial charge is 0.358 e. The number of hydrogen-bond acceptors (Lipinski definition) is 2. The molecule has 15 heavy (non-hydrogen) atoms. The summed E-state index contributed by atoms with van der Waals surface area (Å²) >= 11 is 0. The van der Waals surface area contributed by atoms with Crippen molar-refractivity contribution in [1.29, 1.82) is 0 Å². The fourth-order valence-corrected chi connectivity index (χ4v) is 1.36. The van der Waals surface area contributed by atoms with Gasteiger partial charge in [0.15, 0.2) is 0 Å². The maximum Gasteiger partial charge on any atom is 0.207 e. The molecule has 5 heteroatoms. The van der Waals surface area contributed by atoms with E-state index in [1.54, 1.807) is 13.2 Å². The Balaban J connectivity index is 2.54. The highest BCUT2D eigenvalue weighted by Crippen LogP contribution is 2.18.